The minimum absolute atomic E-state index is 0.382. The molecule has 3 atom stereocenters. The van der Waals surface area contributed by atoms with E-state index in [1.54, 1.807) is 6.20 Å². The van der Waals surface area contributed by atoms with Crippen molar-refractivity contribution >= 4 is 11.6 Å². The Morgan fingerprint density at radius 3 is 2.48 bits per heavy atom. The molecule has 1 aromatic heterocycles. The maximum atomic E-state index is 10.1. The van der Waals surface area contributed by atoms with E-state index in [0.29, 0.717) is 23.1 Å². The van der Waals surface area contributed by atoms with E-state index in [1.807, 2.05) is 12.3 Å². The van der Waals surface area contributed by atoms with Crippen molar-refractivity contribution in [1.29, 1.82) is 5.26 Å². The second-order valence-electron chi connectivity index (χ2n) is 7.41. The van der Waals surface area contributed by atoms with Crippen LogP contribution in [-0.4, -0.2) is 22.0 Å². The van der Waals surface area contributed by atoms with Gasteiger partial charge >= 0.3 is 0 Å². The van der Waals surface area contributed by atoms with Crippen molar-refractivity contribution < 1.29 is 0 Å². The highest BCUT2D eigenvalue weighted by atomic mass is 35.5. The lowest BCUT2D eigenvalue weighted by Gasteiger charge is -2.46. The standard InChI is InChI=1S/C21H22ClN3/c1-15(16-5-3-2-4-6-16)25-19-7-8-20(25)11-21(10-19,14-23)17-9-18(22)13-24-12-17/h2-6,9,12-13,15,19-20H,7-8,10-11H2,1H3/t15-,19-,20-/m1/s1. The molecule has 2 aliphatic rings. The van der Waals surface area contributed by atoms with Crippen LogP contribution < -0.4 is 0 Å². The van der Waals surface area contributed by atoms with Gasteiger partial charge in [-0.15, -0.1) is 0 Å². The van der Waals surface area contributed by atoms with Crippen LogP contribution in [0.4, 0.5) is 0 Å². The third-order valence-electron chi connectivity index (χ3n) is 6.05. The number of fused-ring (bicyclic) bond motifs is 2. The van der Waals surface area contributed by atoms with Crippen LogP contribution >= 0.6 is 11.6 Å². The summed E-state index contributed by atoms with van der Waals surface area (Å²) in [5.74, 6) is 0. The molecule has 0 amide bonds. The van der Waals surface area contributed by atoms with Crippen molar-refractivity contribution in [1.82, 2.24) is 9.88 Å². The number of nitrogens with zero attached hydrogens (tertiary/aromatic N) is 3. The molecule has 2 bridgehead atoms. The lowest BCUT2D eigenvalue weighted by molar-refractivity contribution is 0.0667. The predicted molar refractivity (Wildman–Crippen MR) is 99.3 cm³/mol. The number of hydrogen-bond donors (Lipinski definition) is 0. The van der Waals surface area contributed by atoms with Gasteiger partial charge in [0.05, 0.1) is 16.5 Å². The van der Waals surface area contributed by atoms with E-state index < -0.39 is 5.41 Å². The molecule has 0 saturated carbocycles. The minimum atomic E-state index is -0.462. The first-order valence-corrected chi connectivity index (χ1v) is 9.35. The highest BCUT2D eigenvalue weighted by molar-refractivity contribution is 6.30. The van der Waals surface area contributed by atoms with Crippen molar-refractivity contribution in [3.63, 3.8) is 0 Å². The Labute approximate surface area is 154 Å². The molecule has 2 saturated heterocycles. The Bertz CT molecular complexity index is 784. The molecule has 4 rings (SSSR count). The van der Waals surface area contributed by atoms with Crippen LogP contribution in [0.25, 0.3) is 0 Å². The smallest absolute Gasteiger partial charge is 0.0867 e. The largest absolute Gasteiger partial charge is 0.291 e. The fourth-order valence-corrected chi connectivity index (χ4v) is 5.06. The van der Waals surface area contributed by atoms with Gasteiger partial charge in [0, 0.05) is 30.5 Å². The SMILES string of the molecule is C[C@H](c1ccccc1)N1[C@@H]2CC[C@@H]1CC(C#N)(c1cncc(Cl)c1)C2. The summed E-state index contributed by atoms with van der Waals surface area (Å²) in [6, 6.07) is 16.5. The topological polar surface area (TPSA) is 39.9 Å². The molecule has 3 nitrogen and oxygen atoms in total. The Balaban J connectivity index is 1.64. The number of benzene rings is 1. The fraction of sp³-hybridized carbons (Fsp3) is 0.429. The fourth-order valence-electron chi connectivity index (χ4n) is 4.89. The minimum Gasteiger partial charge on any atom is -0.291 e. The summed E-state index contributed by atoms with van der Waals surface area (Å²) < 4.78 is 0. The number of piperidine rings is 1. The molecule has 2 aliphatic heterocycles. The summed E-state index contributed by atoms with van der Waals surface area (Å²) in [4.78, 5) is 6.87. The molecule has 1 aromatic carbocycles. The molecule has 25 heavy (non-hydrogen) atoms. The zero-order valence-corrected chi connectivity index (χ0v) is 15.2. The quantitative estimate of drug-likeness (QED) is 0.790. The van der Waals surface area contributed by atoms with Gasteiger partial charge < -0.3 is 0 Å². The van der Waals surface area contributed by atoms with Gasteiger partial charge in [-0.1, -0.05) is 41.9 Å². The van der Waals surface area contributed by atoms with E-state index >= 15 is 0 Å². The van der Waals surface area contributed by atoms with Gasteiger partial charge in [0.2, 0.25) is 0 Å². The van der Waals surface area contributed by atoms with Gasteiger partial charge in [-0.05, 0) is 49.8 Å². The van der Waals surface area contributed by atoms with Crippen LogP contribution in [0.15, 0.2) is 48.8 Å². The van der Waals surface area contributed by atoms with Crippen LogP contribution in [0.1, 0.15) is 49.8 Å². The highest BCUT2D eigenvalue weighted by Gasteiger charge is 2.51. The highest BCUT2D eigenvalue weighted by Crippen LogP contribution is 2.49. The molecule has 4 heteroatoms. The number of halogens is 1. The van der Waals surface area contributed by atoms with Gasteiger partial charge in [-0.2, -0.15) is 5.26 Å². The van der Waals surface area contributed by atoms with Gasteiger partial charge in [-0.3, -0.25) is 9.88 Å². The summed E-state index contributed by atoms with van der Waals surface area (Å²) in [6.45, 7) is 2.29. The summed E-state index contributed by atoms with van der Waals surface area (Å²) in [6.07, 6.45) is 7.51. The Hall–Kier alpha value is -1.89. The molecular weight excluding hydrogens is 330 g/mol. The van der Waals surface area contributed by atoms with Crippen molar-refractivity contribution in [2.45, 2.75) is 56.1 Å². The Morgan fingerprint density at radius 1 is 1.20 bits per heavy atom. The molecule has 2 aromatic rings. The van der Waals surface area contributed by atoms with Gasteiger partial charge in [0.15, 0.2) is 0 Å². The first kappa shape index (κ1) is 16.6. The van der Waals surface area contributed by atoms with Crippen LogP contribution in [-0.2, 0) is 5.41 Å². The maximum Gasteiger partial charge on any atom is 0.0867 e. The molecular formula is C21H22ClN3. The first-order valence-electron chi connectivity index (χ1n) is 8.98. The third-order valence-corrected chi connectivity index (χ3v) is 6.25. The van der Waals surface area contributed by atoms with Crippen molar-refractivity contribution in [2.24, 2.45) is 0 Å². The second-order valence-corrected chi connectivity index (χ2v) is 7.85. The number of pyridine rings is 1. The molecule has 3 heterocycles. The summed E-state index contributed by atoms with van der Waals surface area (Å²) in [5, 5.41) is 10.7. The number of rotatable bonds is 3. The van der Waals surface area contributed by atoms with Crippen molar-refractivity contribution in [3.8, 4) is 6.07 Å². The van der Waals surface area contributed by atoms with E-state index in [4.69, 9.17) is 11.6 Å². The third kappa shape index (κ3) is 2.84. The molecule has 0 spiro atoms. The Kier molecular flexibility index (Phi) is 4.27. The monoisotopic (exact) mass is 351 g/mol. The molecule has 2 fully saturated rings. The van der Waals surface area contributed by atoms with E-state index in [2.05, 4.69) is 53.2 Å². The zero-order valence-electron chi connectivity index (χ0n) is 14.4. The molecule has 0 aliphatic carbocycles. The number of hydrogen-bond acceptors (Lipinski definition) is 3. The lowest BCUT2D eigenvalue weighted by atomic mass is 9.71. The Morgan fingerprint density at radius 2 is 1.88 bits per heavy atom. The molecule has 0 N–H and O–H groups in total. The van der Waals surface area contributed by atoms with Gasteiger partial charge in [-0.25, -0.2) is 0 Å². The van der Waals surface area contributed by atoms with Crippen LogP contribution in [0.2, 0.25) is 5.02 Å². The van der Waals surface area contributed by atoms with Gasteiger partial charge in [0.25, 0.3) is 0 Å². The normalized spacial score (nSPS) is 30.0. The molecule has 0 unspecified atom stereocenters. The second kappa shape index (κ2) is 6.44. The number of nitriles is 1. The first-order chi connectivity index (χ1) is 12.1. The maximum absolute atomic E-state index is 10.1. The average Bonchev–Trinajstić information content (AvgIpc) is 2.92. The van der Waals surface area contributed by atoms with Crippen molar-refractivity contribution in [2.75, 3.05) is 0 Å². The van der Waals surface area contributed by atoms with Crippen LogP contribution in [0.5, 0.6) is 0 Å². The van der Waals surface area contributed by atoms with Gasteiger partial charge in [0.1, 0.15) is 0 Å². The van der Waals surface area contributed by atoms with Crippen LogP contribution in [0.3, 0.4) is 0 Å². The predicted octanol–water partition coefficient (Wildman–Crippen LogP) is 4.88. The van der Waals surface area contributed by atoms with Crippen molar-refractivity contribution in [3.05, 3.63) is 64.9 Å². The van der Waals surface area contributed by atoms with E-state index in [9.17, 15) is 5.26 Å². The summed E-state index contributed by atoms with van der Waals surface area (Å²) >= 11 is 6.15. The molecule has 0 radical (unpaired) electrons. The summed E-state index contributed by atoms with van der Waals surface area (Å²) in [5.41, 5.74) is 1.87. The lowest BCUT2D eigenvalue weighted by Crippen LogP contribution is -2.49. The average molecular weight is 352 g/mol. The van der Waals surface area contributed by atoms with Crippen LogP contribution in [0, 0.1) is 11.3 Å². The molecule has 128 valence electrons. The van der Waals surface area contributed by atoms with E-state index in [-0.39, 0.29) is 0 Å². The zero-order chi connectivity index (χ0) is 17.4. The van der Waals surface area contributed by atoms with E-state index in [0.717, 1.165) is 18.4 Å². The van der Waals surface area contributed by atoms with E-state index in [1.165, 1.54) is 18.4 Å². The number of aromatic nitrogens is 1. The summed E-state index contributed by atoms with van der Waals surface area (Å²) in [7, 11) is 0.